The summed E-state index contributed by atoms with van der Waals surface area (Å²) in [4.78, 5) is 10.9. The molecule has 0 atom stereocenters. The van der Waals surface area contributed by atoms with E-state index < -0.39 is 6.09 Å². The molecule has 15 heavy (non-hydrogen) atoms. The van der Waals surface area contributed by atoms with Crippen LogP contribution in [-0.2, 0) is 4.74 Å². The van der Waals surface area contributed by atoms with E-state index in [1.165, 1.54) is 7.11 Å². The highest BCUT2D eigenvalue weighted by Crippen LogP contribution is 2.21. The average molecular weight is 209 g/mol. The van der Waals surface area contributed by atoms with Gasteiger partial charge in [0, 0.05) is 5.69 Å². The minimum atomic E-state index is -0.474. The Hall–Kier alpha value is -1.71. The van der Waals surface area contributed by atoms with Crippen LogP contribution >= 0.6 is 0 Å². The van der Waals surface area contributed by atoms with Crippen LogP contribution in [0.15, 0.2) is 18.2 Å². The van der Waals surface area contributed by atoms with Gasteiger partial charge in [-0.15, -0.1) is 0 Å². The lowest BCUT2D eigenvalue weighted by Gasteiger charge is -2.09. The molecule has 4 heteroatoms. The highest BCUT2D eigenvalue weighted by atomic mass is 16.5. The lowest BCUT2D eigenvalue weighted by Crippen LogP contribution is -2.11. The maximum Gasteiger partial charge on any atom is 0.411 e. The van der Waals surface area contributed by atoms with Gasteiger partial charge in [0.2, 0.25) is 0 Å². The van der Waals surface area contributed by atoms with E-state index in [4.69, 9.17) is 4.74 Å². The third-order valence-electron chi connectivity index (χ3n) is 1.91. The SMILES string of the molecule is CCOc1ccc(NC(=O)OC)cc1C. The molecule has 1 N–H and O–H groups in total. The highest BCUT2D eigenvalue weighted by molar-refractivity contribution is 5.84. The van der Waals surface area contributed by atoms with E-state index in [1.54, 1.807) is 6.07 Å². The van der Waals surface area contributed by atoms with Gasteiger partial charge in [-0.2, -0.15) is 0 Å². The first-order valence-corrected chi connectivity index (χ1v) is 4.75. The van der Waals surface area contributed by atoms with Crippen LogP contribution < -0.4 is 10.1 Å². The van der Waals surface area contributed by atoms with Crippen LogP contribution in [0.4, 0.5) is 10.5 Å². The number of hydrogen-bond acceptors (Lipinski definition) is 3. The number of carbonyl (C=O) groups is 1. The number of nitrogens with one attached hydrogen (secondary N) is 1. The van der Waals surface area contributed by atoms with E-state index in [-0.39, 0.29) is 0 Å². The van der Waals surface area contributed by atoms with Gasteiger partial charge < -0.3 is 9.47 Å². The number of carbonyl (C=O) groups excluding carboxylic acids is 1. The molecule has 0 aromatic heterocycles. The molecule has 0 saturated carbocycles. The lowest BCUT2D eigenvalue weighted by atomic mass is 10.2. The van der Waals surface area contributed by atoms with Crippen molar-refractivity contribution in [2.45, 2.75) is 13.8 Å². The maximum atomic E-state index is 10.9. The van der Waals surface area contributed by atoms with E-state index in [1.807, 2.05) is 26.0 Å². The molecule has 1 amide bonds. The van der Waals surface area contributed by atoms with E-state index >= 15 is 0 Å². The molecule has 0 spiro atoms. The third-order valence-corrected chi connectivity index (χ3v) is 1.91. The normalized spacial score (nSPS) is 9.53. The van der Waals surface area contributed by atoms with Crippen molar-refractivity contribution in [3.8, 4) is 5.75 Å². The highest BCUT2D eigenvalue weighted by Gasteiger charge is 2.03. The summed E-state index contributed by atoms with van der Waals surface area (Å²) in [6, 6.07) is 5.43. The van der Waals surface area contributed by atoms with E-state index in [0.717, 1.165) is 11.3 Å². The third kappa shape index (κ3) is 3.16. The van der Waals surface area contributed by atoms with Crippen LogP contribution in [0, 0.1) is 6.92 Å². The van der Waals surface area contributed by atoms with Crippen molar-refractivity contribution in [3.63, 3.8) is 0 Å². The van der Waals surface area contributed by atoms with Gasteiger partial charge in [-0.1, -0.05) is 0 Å². The number of methoxy groups -OCH3 is 1. The number of benzene rings is 1. The fourth-order valence-corrected chi connectivity index (χ4v) is 1.21. The van der Waals surface area contributed by atoms with Crippen LogP contribution in [0.1, 0.15) is 12.5 Å². The van der Waals surface area contributed by atoms with Crippen LogP contribution in [0.2, 0.25) is 0 Å². The minimum Gasteiger partial charge on any atom is -0.494 e. The molecule has 0 fully saturated rings. The Labute approximate surface area is 89.2 Å². The Bertz CT molecular complexity index is 350. The maximum absolute atomic E-state index is 10.9. The Morgan fingerprint density at radius 2 is 2.20 bits per heavy atom. The minimum absolute atomic E-state index is 0.474. The van der Waals surface area contributed by atoms with Gasteiger partial charge in [-0.05, 0) is 37.6 Å². The molecule has 0 saturated heterocycles. The summed E-state index contributed by atoms with van der Waals surface area (Å²) in [6.45, 7) is 4.48. The Morgan fingerprint density at radius 1 is 1.47 bits per heavy atom. The number of ether oxygens (including phenoxy) is 2. The van der Waals surface area contributed by atoms with Gasteiger partial charge >= 0.3 is 6.09 Å². The van der Waals surface area contributed by atoms with Gasteiger partial charge in [0.05, 0.1) is 13.7 Å². The molecule has 0 heterocycles. The second-order valence-corrected chi connectivity index (χ2v) is 3.03. The van der Waals surface area contributed by atoms with Crippen molar-refractivity contribution in [1.29, 1.82) is 0 Å². The molecular weight excluding hydrogens is 194 g/mol. The zero-order valence-corrected chi connectivity index (χ0v) is 9.16. The molecule has 0 bridgehead atoms. The Morgan fingerprint density at radius 3 is 2.73 bits per heavy atom. The monoisotopic (exact) mass is 209 g/mol. The molecule has 4 nitrogen and oxygen atoms in total. The molecule has 82 valence electrons. The largest absolute Gasteiger partial charge is 0.494 e. The summed E-state index contributed by atoms with van der Waals surface area (Å²) in [5, 5.41) is 2.59. The van der Waals surface area contributed by atoms with Crippen molar-refractivity contribution < 1.29 is 14.3 Å². The summed E-state index contributed by atoms with van der Waals surface area (Å²) >= 11 is 0. The second kappa shape index (κ2) is 5.24. The molecule has 0 aliphatic carbocycles. The predicted octanol–water partition coefficient (Wildman–Crippen LogP) is 2.57. The summed E-state index contributed by atoms with van der Waals surface area (Å²) in [5.74, 6) is 0.827. The van der Waals surface area contributed by atoms with Crippen molar-refractivity contribution in [3.05, 3.63) is 23.8 Å². The standard InChI is InChI=1S/C11H15NO3/c1-4-15-10-6-5-9(7-8(10)2)12-11(13)14-3/h5-7H,4H2,1-3H3,(H,12,13). The van der Waals surface area contributed by atoms with Crippen LogP contribution in [0.3, 0.4) is 0 Å². The first-order chi connectivity index (χ1) is 7.17. The van der Waals surface area contributed by atoms with Crippen molar-refractivity contribution in [2.24, 2.45) is 0 Å². The summed E-state index contributed by atoms with van der Waals surface area (Å²) in [6.07, 6.45) is -0.474. The van der Waals surface area contributed by atoms with Gasteiger partial charge in [-0.25, -0.2) is 4.79 Å². The van der Waals surface area contributed by atoms with Crippen molar-refractivity contribution >= 4 is 11.8 Å². The van der Waals surface area contributed by atoms with Crippen molar-refractivity contribution in [2.75, 3.05) is 19.0 Å². The second-order valence-electron chi connectivity index (χ2n) is 3.03. The summed E-state index contributed by atoms with van der Waals surface area (Å²) in [5.41, 5.74) is 1.67. The van der Waals surface area contributed by atoms with Gasteiger partial charge in [0.25, 0.3) is 0 Å². The molecule has 0 aliphatic rings. The van der Waals surface area contributed by atoms with Crippen LogP contribution in [-0.4, -0.2) is 19.8 Å². The molecular formula is C11H15NO3. The number of anilines is 1. The van der Waals surface area contributed by atoms with E-state index in [0.29, 0.717) is 12.3 Å². The zero-order valence-electron chi connectivity index (χ0n) is 9.16. The van der Waals surface area contributed by atoms with Crippen molar-refractivity contribution in [1.82, 2.24) is 0 Å². The summed E-state index contributed by atoms with van der Waals surface area (Å²) < 4.78 is 9.87. The van der Waals surface area contributed by atoms with E-state index in [9.17, 15) is 4.79 Å². The predicted molar refractivity (Wildman–Crippen MR) is 58.4 cm³/mol. The number of amides is 1. The van der Waals surface area contributed by atoms with Crippen LogP contribution in [0.25, 0.3) is 0 Å². The first kappa shape index (κ1) is 11.4. The molecule has 0 unspecified atom stereocenters. The first-order valence-electron chi connectivity index (χ1n) is 4.75. The molecule has 1 rings (SSSR count). The summed E-state index contributed by atoms with van der Waals surface area (Å²) in [7, 11) is 1.33. The fraction of sp³-hybridized carbons (Fsp3) is 0.364. The number of hydrogen-bond donors (Lipinski definition) is 1. The quantitative estimate of drug-likeness (QED) is 0.832. The van der Waals surface area contributed by atoms with Crippen LogP contribution in [0.5, 0.6) is 5.75 Å². The number of aryl methyl sites for hydroxylation is 1. The number of rotatable bonds is 3. The molecule has 1 aromatic carbocycles. The lowest BCUT2D eigenvalue weighted by molar-refractivity contribution is 0.187. The zero-order chi connectivity index (χ0) is 11.3. The average Bonchev–Trinajstić information content (AvgIpc) is 2.22. The molecule has 0 aliphatic heterocycles. The smallest absolute Gasteiger partial charge is 0.411 e. The van der Waals surface area contributed by atoms with Gasteiger partial charge in [0.1, 0.15) is 5.75 Å². The topological polar surface area (TPSA) is 47.6 Å². The van der Waals surface area contributed by atoms with Gasteiger partial charge in [-0.3, -0.25) is 5.32 Å². The Kier molecular flexibility index (Phi) is 3.97. The molecule has 0 radical (unpaired) electrons. The Balaban J connectivity index is 2.77. The van der Waals surface area contributed by atoms with E-state index in [2.05, 4.69) is 10.1 Å². The molecule has 1 aromatic rings. The fourth-order valence-electron chi connectivity index (χ4n) is 1.21. The van der Waals surface area contributed by atoms with Gasteiger partial charge in [0.15, 0.2) is 0 Å².